The maximum absolute atomic E-state index is 10.6. The van der Waals surface area contributed by atoms with E-state index < -0.39 is 4.92 Å². The van der Waals surface area contributed by atoms with Crippen molar-refractivity contribution in [1.29, 1.82) is 0 Å². The summed E-state index contributed by atoms with van der Waals surface area (Å²) in [5, 5.41) is 20.3. The van der Waals surface area contributed by atoms with Crippen molar-refractivity contribution in [3.05, 3.63) is 220 Å². The third kappa shape index (κ3) is 22.4. The minimum absolute atomic E-state index is 0. The zero-order valence-corrected chi connectivity index (χ0v) is 77.7. The first-order valence-corrected chi connectivity index (χ1v) is 27.4. The summed E-state index contributed by atoms with van der Waals surface area (Å²) in [7, 11) is 0. The molecule has 8 aromatic carbocycles. The van der Waals surface area contributed by atoms with Gasteiger partial charge in [0.05, 0.1) is 30.4 Å². The molecule has 14 rings (SSSR count). The van der Waals surface area contributed by atoms with Crippen LogP contribution in [0.5, 0.6) is 0 Å². The molecule has 0 saturated carbocycles. The number of hydrogen-bond acceptors (Lipinski definition) is 15. The van der Waals surface area contributed by atoms with Gasteiger partial charge in [0.2, 0.25) is 5.13 Å². The summed E-state index contributed by atoms with van der Waals surface area (Å²) >= 11 is 7.99. The summed E-state index contributed by atoms with van der Waals surface area (Å²) < 4.78 is 11.3. The third-order valence-corrected chi connectivity index (χ3v) is 16.4. The number of nitrogens with one attached hydrogen (secondary N) is 1. The van der Waals surface area contributed by atoms with Crippen LogP contribution in [0.15, 0.2) is 143 Å². The number of hydrogen-bond donors (Lipinski definition) is 1. The number of non-ortho nitro benzene ring substituents is 1. The summed E-state index contributed by atoms with van der Waals surface area (Å²) in [6.07, 6.45) is 1.70. The van der Waals surface area contributed by atoms with Crippen molar-refractivity contribution in [2.24, 2.45) is 5.10 Å². The summed E-state index contributed by atoms with van der Waals surface area (Å²) in [6, 6.07) is 66.2. The second-order valence-electron chi connectivity index (χ2n) is 16.9. The molecule has 0 aliphatic rings. The molecule has 0 fully saturated rings. The van der Waals surface area contributed by atoms with E-state index in [0.717, 1.165) is 99.4 Å². The first-order chi connectivity index (χ1) is 37.1. The van der Waals surface area contributed by atoms with Crippen molar-refractivity contribution in [3.8, 4) is 31.4 Å². The normalized spacial score (nSPS) is 10.1. The molecule has 6 aromatic heterocycles. The average Bonchev–Trinajstić information content (AvgIpc) is 4.34. The van der Waals surface area contributed by atoms with Gasteiger partial charge in [-0.15, -0.1) is 27.9 Å². The first kappa shape index (κ1) is 82.9. The van der Waals surface area contributed by atoms with Gasteiger partial charge in [0.1, 0.15) is 15.6 Å². The Balaban J connectivity index is 0.000000285. The van der Waals surface area contributed by atoms with E-state index in [0.29, 0.717) is 0 Å². The maximum Gasteiger partial charge on any atom is 1.00 e. The van der Waals surface area contributed by atoms with Crippen LogP contribution in [0.25, 0.3) is 93.4 Å². The number of benzene rings is 8. The number of rotatable bonds is 7. The Kier molecular flexibility index (Phi) is 40.6. The van der Waals surface area contributed by atoms with Crippen LogP contribution in [0, 0.1) is 86.3 Å². The molecule has 11 nitrogen and oxygen atoms in total. The van der Waals surface area contributed by atoms with Gasteiger partial charge in [0.15, 0.2) is 10.8 Å². The Labute approximate surface area is 847 Å². The van der Waals surface area contributed by atoms with E-state index >= 15 is 0 Å². The summed E-state index contributed by atoms with van der Waals surface area (Å²) in [6.45, 7) is 8.41. The summed E-state index contributed by atoms with van der Waals surface area (Å²) in [4.78, 5) is 32.9. The van der Waals surface area contributed by atoms with E-state index in [1.54, 1.807) is 88.0 Å². The van der Waals surface area contributed by atoms with Crippen LogP contribution in [-0.4, -0.2) is 36.1 Å². The second-order valence-corrected chi connectivity index (χ2v) is 22.0. The molecule has 6 heterocycles. The fourth-order valence-electron chi connectivity index (χ4n) is 7.88. The number of para-hydroxylation sites is 1. The monoisotopic (exact) mass is 1390 g/mol. The van der Waals surface area contributed by atoms with Gasteiger partial charge >= 0.3 is 411 Å². The van der Waals surface area contributed by atoms with Crippen LogP contribution in [0.4, 0.5) is 10.8 Å². The van der Waals surface area contributed by atoms with Crippen molar-refractivity contribution < 1.29 is 420 Å². The van der Waals surface area contributed by atoms with E-state index in [1.807, 2.05) is 54.6 Å². The SMILES string of the molecule is Cc1cc(C)c2cc(-c3nc4[c-]cc[c-]c4s3)oc2c1.Cc1cc(C)c2nc(-c3nc4[c-]cc[c-]c4s3)sc2c1.O=[N+]([O-])c1ccc(-c2nc3[c-]cc[c-]c3s2)cc1.[K+].[K+].[K+].[K+].[K+].[K+].[K+].[K+].[c-]1cc[c-]c(/C=N/Nc2nc3ccccc3s2)c1. The molecule has 0 spiro atoms. The Hall–Kier alpha value is 4.71. The van der Waals surface area contributed by atoms with Crippen LogP contribution in [-0.2, 0) is 0 Å². The Morgan fingerprint density at radius 1 is 0.548 bits per heavy atom. The largest absolute Gasteiger partial charge is 1.00 e. The number of nitro benzene ring substituents is 1. The first-order valence-electron chi connectivity index (χ1n) is 23.3. The van der Waals surface area contributed by atoms with Crippen molar-refractivity contribution in [3.63, 3.8) is 0 Å². The summed E-state index contributed by atoms with van der Waals surface area (Å²) in [5.41, 5.74) is 15.2. The van der Waals surface area contributed by atoms with Crippen LogP contribution in [0.1, 0.15) is 27.8 Å². The smallest absolute Gasteiger partial charge is 0.454 e. The third-order valence-electron chi connectivity index (χ3n) is 11.3. The molecule has 0 aliphatic heterocycles. The number of anilines is 1. The number of thiazole rings is 5. The van der Waals surface area contributed by atoms with Crippen LogP contribution >= 0.6 is 56.7 Å². The van der Waals surface area contributed by atoms with E-state index in [1.165, 1.54) is 50.4 Å². The molecular formula is C60H36K8N8O3S5. The zero-order chi connectivity index (χ0) is 52.1. The fourth-order valence-corrected chi connectivity index (χ4v) is 12.5. The standard InChI is InChI=1S/C17H11NOS.C16H10N2S2.C14H9N3S.C13H6N2O2S.8K/c1-10-7-11(2)12-9-15(19-14(12)8-10)17-18-13-5-3-4-6-16(13)20-17;1-9-7-10(2)14-13(8-9)20-16(18-14)15-17-11-5-3-4-6-12(11)19-15;1-2-6-11(7-3-1)10-15-17-14-16-12-8-4-5-9-13(12)18-14;16-15(17)10-7-5-9(6-8-10)13-14-11-3-1-2-4-12(11)18-13;;;;;;;;/h3-4,7-9H,1-2H3;3-4,7-8H,1-2H3;1-2,4-5,7-10H,(H,16,17);1-2,5-8H;;;;;;;;/q4*-2;8*+1/b;;15-10+;;;;;;;;;. The Morgan fingerprint density at radius 2 is 1.10 bits per heavy atom. The molecule has 372 valence electrons. The van der Waals surface area contributed by atoms with Crippen molar-refractivity contribution in [2.45, 2.75) is 27.7 Å². The van der Waals surface area contributed by atoms with E-state index in [9.17, 15) is 10.1 Å². The minimum Gasteiger partial charge on any atom is -0.454 e. The number of nitro groups is 1. The molecule has 0 amide bonds. The van der Waals surface area contributed by atoms with Gasteiger partial charge in [-0.2, -0.15) is 14.1 Å². The van der Waals surface area contributed by atoms with Gasteiger partial charge in [-0.1, -0.05) is 41.8 Å². The van der Waals surface area contributed by atoms with E-state index in [4.69, 9.17) is 9.40 Å². The minimum atomic E-state index is -0.413. The van der Waals surface area contributed by atoms with Crippen LogP contribution in [0.3, 0.4) is 0 Å². The van der Waals surface area contributed by atoms with Crippen LogP contribution < -0.4 is 417 Å². The number of fused-ring (bicyclic) bond motifs is 6. The van der Waals surface area contributed by atoms with Crippen molar-refractivity contribution in [2.75, 3.05) is 5.43 Å². The number of aryl methyl sites for hydroxylation is 4. The number of hydrazone groups is 1. The Morgan fingerprint density at radius 3 is 1.70 bits per heavy atom. The predicted octanol–water partition coefficient (Wildman–Crippen LogP) is -7.44. The van der Waals surface area contributed by atoms with Crippen molar-refractivity contribution in [1.82, 2.24) is 24.9 Å². The van der Waals surface area contributed by atoms with Gasteiger partial charge < -0.3 is 19.4 Å². The van der Waals surface area contributed by atoms with Gasteiger partial charge in [0.25, 0.3) is 5.69 Å². The zero-order valence-electron chi connectivity index (χ0n) is 48.7. The Bertz CT molecular complexity index is 4130. The van der Waals surface area contributed by atoms with Gasteiger partial charge in [-0.05, 0) is 92.4 Å². The number of furan rings is 1. The fraction of sp³-hybridized carbons (Fsp3) is 0.0667. The van der Waals surface area contributed by atoms with Gasteiger partial charge in [0, 0.05) is 23.1 Å². The molecule has 0 unspecified atom stereocenters. The quantitative estimate of drug-likeness (QED) is 0.0542. The van der Waals surface area contributed by atoms with Crippen molar-refractivity contribution >= 4 is 136 Å². The van der Waals surface area contributed by atoms with Gasteiger partial charge in [-0.25, -0.2) is 54.6 Å². The molecule has 0 bridgehead atoms. The molecule has 14 aromatic rings. The molecular weight excluding hydrogens is 1350 g/mol. The maximum atomic E-state index is 10.6. The van der Waals surface area contributed by atoms with E-state index in [2.05, 4.69) is 137 Å². The molecule has 0 atom stereocenters. The molecule has 0 radical (unpaired) electrons. The number of nitrogens with zero attached hydrogens (tertiary/aromatic N) is 7. The van der Waals surface area contributed by atoms with Crippen LogP contribution in [0.2, 0.25) is 0 Å². The molecule has 24 heteroatoms. The molecule has 0 aliphatic carbocycles. The summed E-state index contributed by atoms with van der Waals surface area (Å²) in [5.74, 6) is 0.816. The molecule has 0 saturated heterocycles. The topological polar surface area (TPSA) is 145 Å². The second kappa shape index (κ2) is 41.1. The molecule has 84 heavy (non-hydrogen) atoms. The van der Waals surface area contributed by atoms with Gasteiger partial charge in [-0.3, -0.25) is 119 Å². The van der Waals surface area contributed by atoms with E-state index in [-0.39, 0.29) is 417 Å². The average molecular weight is 1390 g/mol. The number of aromatic nitrogens is 5. The molecule has 1 N–H and O–H groups in total. The predicted molar refractivity (Wildman–Crippen MR) is 312 cm³/mol.